The van der Waals surface area contributed by atoms with E-state index < -0.39 is 11.9 Å². The maximum absolute atomic E-state index is 11.6. The summed E-state index contributed by atoms with van der Waals surface area (Å²) in [7, 11) is 1.62. The van der Waals surface area contributed by atoms with Gasteiger partial charge in [0.25, 0.3) is 0 Å². The molecule has 2 aromatic carbocycles. The predicted octanol–water partition coefficient (Wildman–Crippen LogP) is 4.36. The molecule has 1 atom stereocenters. The molecule has 0 fully saturated rings. The quantitative estimate of drug-likeness (QED) is 0.717. The smallest absolute Gasteiger partial charge is 0.312 e. The average Bonchev–Trinajstić information content (AvgIpc) is 3.05. The fourth-order valence-corrected chi connectivity index (χ4v) is 3.06. The molecule has 5 nitrogen and oxygen atoms in total. The Morgan fingerprint density at radius 1 is 1.08 bits per heavy atom. The number of carbonyl (C=O) groups is 1. The van der Waals surface area contributed by atoms with Crippen molar-refractivity contribution in [1.29, 1.82) is 0 Å². The Bertz CT molecular complexity index is 941. The first kappa shape index (κ1) is 17.6. The Kier molecular flexibility index (Phi) is 4.71. The van der Waals surface area contributed by atoms with Crippen LogP contribution in [0.15, 0.2) is 54.6 Å². The van der Waals surface area contributed by atoms with Gasteiger partial charge in [-0.3, -0.25) is 4.79 Å². The molecule has 0 aliphatic rings. The first-order valence-electron chi connectivity index (χ1n) is 8.31. The van der Waals surface area contributed by atoms with Crippen molar-refractivity contribution in [1.82, 2.24) is 4.57 Å². The van der Waals surface area contributed by atoms with E-state index in [0.29, 0.717) is 5.69 Å². The molecule has 3 aromatic rings. The molecule has 0 saturated heterocycles. The van der Waals surface area contributed by atoms with Crippen LogP contribution in [-0.2, 0) is 4.79 Å². The van der Waals surface area contributed by atoms with Gasteiger partial charge in [-0.25, -0.2) is 0 Å². The molecule has 134 valence electrons. The van der Waals surface area contributed by atoms with Gasteiger partial charge in [-0.15, -0.1) is 0 Å². The minimum absolute atomic E-state index is 0.178. The summed E-state index contributed by atoms with van der Waals surface area (Å²) in [6, 6.07) is 16.5. The SMILES string of the molecule is COc1ccc(-c2ccc(C(C)C(=O)O)n2-c2ccc(O)cc2C)cc1. The van der Waals surface area contributed by atoms with Crippen LogP contribution in [0.4, 0.5) is 0 Å². The highest BCUT2D eigenvalue weighted by Gasteiger charge is 2.22. The molecule has 0 aliphatic carbocycles. The molecule has 0 saturated carbocycles. The second-order valence-corrected chi connectivity index (χ2v) is 6.24. The third kappa shape index (κ3) is 3.16. The zero-order valence-electron chi connectivity index (χ0n) is 14.9. The number of phenols is 1. The van der Waals surface area contributed by atoms with Crippen molar-refractivity contribution in [2.45, 2.75) is 19.8 Å². The van der Waals surface area contributed by atoms with Gasteiger partial charge in [0.15, 0.2) is 0 Å². The number of aliphatic carboxylic acids is 1. The molecule has 1 aromatic heterocycles. The van der Waals surface area contributed by atoms with E-state index in [1.165, 1.54) is 0 Å². The van der Waals surface area contributed by atoms with Gasteiger partial charge in [0, 0.05) is 11.4 Å². The minimum atomic E-state index is -0.887. The van der Waals surface area contributed by atoms with Crippen molar-refractivity contribution >= 4 is 5.97 Å². The maximum Gasteiger partial charge on any atom is 0.312 e. The molecular weight excluding hydrogens is 330 g/mol. The predicted molar refractivity (Wildman–Crippen MR) is 100 cm³/mol. The summed E-state index contributed by atoms with van der Waals surface area (Å²) >= 11 is 0. The van der Waals surface area contributed by atoms with E-state index in [-0.39, 0.29) is 5.75 Å². The summed E-state index contributed by atoms with van der Waals surface area (Å²) in [6.45, 7) is 3.56. The molecule has 0 radical (unpaired) electrons. The van der Waals surface area contributed by atoms with Gasteiger partial charge >= 0.3 is 5.97 Å². The molecule has 0 amide bonds. The van der Waals surface area contributed by atoms with Crippen LogP contribution in [0.3, 0.4) is 0 Å². The van der Waals surface area contributed by atoms with E-state index in [4.69, 9.17) is 4.74 Å². The number of methoxy groups -OCH3 is 1. The van der Waals surface area contributed by atoms with E-state index in [0.717, 1.165) is 28.3 Å². The molecule has 26 heavy (non-hydrogen) atoms. The topological polar surface area (TPSA) is 71.7 Å². The van der Waals surface area contributed by atoms with Gasteiger partial charge in [0.05, 0.1) is 18.7 Å². The summed E-state index contributed by atoms with van der Waals surface area (Å²) in [5.74, 6) is -0.624. The van der Waals surface area contributed by atoms with E-state index in [2.05, 4.69) is 0 Å². The summed E-state index contributed by atoms with van der Waals surface area (Å²) in [5, 5.41) is 19.2. The average molecular weight is 351 g/mol. The van der Waals surface area contributed by atoms with Gasteiger partial charge in [0.1, 0.15) is 11.5 Å². The van der Waals surface area contributed by atoms with Gasteiger partial charge in [0.2, 0.25) is 0 Å². The number of benzene rings is 2. The molecule has 1 heterocycles. The molecule has 0 spiro atoms. The molecule has 0 aliphatic heterocycles. The number of hydrogen-bond donors (Lipinski definition) is 2. The van der Waals surface area contributed by atoms with Crippen molar-refractivity contribution in [3.63, 3.8) is 0 Å². The van der Waals surface area contributed by atoms with Crippen LogP contribution in [0.25, 0.3) is 16.9 Å². The Hall–Kier alpha value is -3.21. The van der Waals surface area contributed by atoms with Crippen molar-refractivity contribution in [2.24, 2.45) is 0 Å². The summed E-state index contributed by atoms with van der Waals surface area (Å²) in [5.41, 5.74) is 4.19. The van der Waals surface area contributed by atoms with Gasteiger partial charge in [-0.05, 0) is 79.6 Å². The zero-order valence-corrected chi connectivity index (χ0v) is 14.9. The lowest BCUT2D eigenvalue weighted by atomic mass is 10.1. The van der Waals surface area contributed by atoms with Crippen molar-refractivity contribution < 1.29 is 19.7 Å². The zero-order chi connectivity index (χ0) is 18.8. The number of nitrogens with zero attached hydrogens (tertiary/aromatic N) is 1. The molecule has 1 unspecified atom stereocenters. The number of hydrogen-bond acceptors (Lipinski definition) is 3. The highest BCUT2D eigenvalue weighted by atomic mass is 16.5. The Morgan fingerprint density at radius 2 is 1.77 bits per heavy atom. The van der Waals surface area contributed by atoms with Gasteiger partial charge in [-0.1, -0.05) is 0 Å². The van der Waals surface area contributed by atoms with Crippen LogP contribution in [0.5, 0.6) is 11.5 Å². The standard InChI is InChI=1S/C21H21NO4/c1-13-12-16(23)6-9-18(13)22-19(14(2)21(24)25)10-11-20(22)15-4-7-17(26-3)8-5-15/h4-12,14,23H,1-3H3,(H,24,25). The van der Waals surface area contributed by atoms with Crippen molar-refractivity contribution in [3.8, 4) is 28.4 Å². The molecule has 0 bridgehead atoms. The van der Waals surface area contributed by atoms with Crippen molar-refractivity contribution in [2.75, 3.05) is 7.11 Å². The van der Waals surface area contributed by atoms with Crippen LogP contribution in [0.1, 0.15) is 24.1 Å². The number of aromatic nitrogens is 1. The fourth-order valence-electron chi connectivity index (χ4n) is 3.06. The van der Waals surface area contributed by atoms with Crippen LogP contribution < -0.4 is 4.74 Å². The maximum atomic E-state index is 11.6. The normalized spacial score (nSPS) is 12.0. The second-order valence-electron chi connectivity index (χ2n) is 6.24. The highest BCUT2D eigenvalue weighted by Crippen LogP contribution is 2.33. The molecule has 2 N–H and O–H groups in total. The van der Waals surface area contributed by atoms with Gasteiger partial charge in [-0.2, -0.15) is 0 Å². The van der Waals surface area contributed by atoms with Crippen molar-refractivity contribution in [3.05, 3.63) is 65.9 Å². The minimum Gasteiger partial charge on any atom is -0.508 e. The van der Waals surface area contributed by atoms with E-state index >= 15 is 0 Å². The van der Waals surface area contributed by atoms with Gasteiger partial charge < -0.3 is 19.5 Å². The third-order valence-corrected chi connectivity index (χ3v) is 4.53. The molecular formula is C21H21NO4. The summed E-state index contributed by atoms with van der Waals surface area (Å²) < 4.78 is 7.15. The number of phenolic OH excluding ortho intramolecular Hbond substituents is 1. The Balaban J connectivity index is 2.23. The molecule has 3 rings (SSSR count). The number of aryl methyl sites for hydroxylation is 1. The number of ether oxygens (including phenoxy) is 1. The Morgan fingerprint density at radius 3 is 2.35 bits per heavy atom. The van der Waals surface area contributed by atoms with Crippen LogP contribution in [-0.4, -0.2) is 27.9 Å². The van der Waals surface area contributed by atoms with Crippen LogP contribution >= 0.6 is 0 Å². The van der Waals surface area contributed by atoms with Crippen LogP contribution in [0.2, 0.25) is 0 Å². The highest BCUT2D eigenvalue weighted by molar-refractivity contribution is 5.77. The lowest BCUT2D eigenvalue weighted by molar-refractivity contribution is -0.138. The number of carboxylic acid groups (broad SMARTS) is 1. The van der Waals surface area contributed by atoms with E-state index in [1.54, 1.807) is 32.2 Å². The monoisotopic (exact) mass is 351 g/mol. The van der Waals surface area contributed by atoms with E-state index in [1.807, 2.05) is 47.9 Å². The number of rotatable bonds is 5. The largest absolute Gasteiger partial charge is 0.508 e. The lowest BCUT2D eigenvalue weighted by Crippen LogP contribution is -2.13. The van der Waals surface area contributed by atoms with Crippen LogP contribution in [0, 0.1) is 6.92 Å². The number of carboxylic acids is 1. The first-order chi connectivity index (χ1) is 12.4. The third-order valence-electron chi connectivity index (χ3n) is 4.53. The molecule has 5 heteroatoms. The van der Waals surface area contributed by atoms with E-state index in [9.17, 15) is 15.0 Å². The summed E-state index contributed by atoms with van der Waals surface area (Å²) in [6.07, 6.45) is 0. The first-order valence-corrected chi connectivity index (χ1v) is 8.31. The lowest BCUT2D eigenvalue weighted by Gasteiger charge is -2.18. The summed E-state index contributed by atoms with van der Waals surface area (Å²) in [4.78, 5) is 11.6. The number of aromatic hydroxyl groups is 1. The second kappa shape index (κ2) is 6.96. The fraction of sp³-hybridized carbons (Fsp3) is 0.190. The Labute approximate surface area is 152 Å².